The number of hydrogen-bond donors (Lipinski definition) is 0. The van der Waals surface area contributed by atoms with E-state index in [-0.39, 0.29) is 18.3 Å². The molecule has 0 spiro atoms. The van der Waals surface area contributed by atoms with Crippen LogP contribution in [0.4, 0.5) is 0 Å². The van der Waals surface area contributed by atoms with Crippen molar-refractivity contribution in [2.45, 2.75) is 84.0 Å². The van der Waals surface area contributed by atoms with Gasteiger partial charge in [-0.2, -0.15) is 6.42 Å². The fourth-order valence-corrected chi connectivity index (χ4v) is 1.84. The van der Waals surface area contributed by atoms with E-state index in [0.29, 0.717) is 0 Å². The van der Waals surface area contributed by atoms with Gasteiger partial charge >= 0.3 is 21.8 Å². The third-order valence-electron chi connectivity index (χ3n) is 2.85. The Morgan fingerprint density at radius 3 is 1.31 bits per heavy atom. The first-order valence-corrected chi connectivity index (χ1v) is 8.21. The standard InChI is InChI=1S/C14H29.O.Zn/c1-3-5-7-9-11-13-14-12-10-8-6-4-2;;/h1,3-14H2,2H3;;/q-1;;. The van der Waals surface area contributed by atoms with Crippen molar-refractivity contribution in [2.24, 2.45) is 0 Å². The molecule has 16 heavy (non-hydrogen) atoms. The topological polar surface area (TPSA) is 17.1 Å². The monoisotopic (exact) mass is 277 g/mol. The second kappa shape index (κ2) is 20.8. The van der Waals surface area contributed by atoms with Crippen LogP contribution in [0.2, 0.25) is 0 Å². The Bertz CT molecular complexity index is 94.9. The third kappa shape index (κ3) is 19.9. The summed E-state index contributed by atoms with van der Waals surface area (Å²) in [7, 11) is 0. The number of hydrogen-bond acceptors (Lipinski definition) is 1. The minimum absolute atomic E-state index is 0.125. The molecule has 0 fully saturated rings. The van der Waals surface area contributed by atoms with Crippen molar-refractivity contribution < 1.29 is 21.8 Å². The van der Waals surface area contributed by atoms with Crippen molar-refractivity contribution >= 4 is 0 Å². The SMILES string of the molecule is [CH2-]CCCCCCCCCCCCC.[O]=[Zn]. The molecule has 0 heterocycles. The number of unbranched alkanes of at least 4 members (excludes halogenated alkanes) is 11. The van der Waals surface area contributed by atoms with Gasteiger partial charge in [-0.3, -0.25) is 0 Å². The molecule has 0 saturated carbocycles. The molecule has 0 unspecified atom stereocenters. The van der Waals surface area contributed by atoms with Crippen LogP contribution >= 0.6 is 0 Å². The van der Waals surface area contributed by atoms with Gasteiger partial charge in [0.2, 0.25) is 0 Å². The molecule has 0 N–H and O–H groups in total. The van der Waals surface area contributed by atoms with E-state index in [1.54, 1.807) is 0 Å². The van der Waals surface area contributed by atoms with Gasteiger partial charge in [0.1, 0.15) is 0 Å². The Kier molecular flexibility index (Phi) is 24.4. The fraction of sp³-hybridized carbons (Fsp3) is 0.929. The van der Waals surface area contributed by atoms with Crippen LogP contribution in [0.25, 0.3) is 0 Å². The first-order valence-electron chi connectivity index (χ1n) is 7.00. The van der Waals surface area contributed by atoms with E-state index in [2.05, 4.69) is 13.8 Å². The van der Waals surface area contributed by atoms with Crippen molar-refractivity contribution in [2.75, 3.05) is 0 Å². The normalized spacial score (nSPS) is 9.75. The van der Waals surface area contributed by atoms with Crippen molar-refractivity contribution in [3.63, 3.8) is 0 Å². The van der Waals surface area contributed by atoms with E-state index in [1.165, 1.54) is 70.6 Å². The first-order chi connectivity index (χ1) is 7.91. The summed E-state index contributed by atoms with van der Waals surface area (Å²) >= 11 is 0.125. The molecule has 0 rings (SSSR count). The molecular formula is C14H29OZn-. The van der Waals surface area contributed by atoms with Crippen molar-refractivity contribution in [1.29, 1.82) is 0 Å². The van der Waals surface area contributed by atoms with Crippen LogP contribution in [-0.2, 0) is 21.8 Å². The van der Waals surface area contributed by atoms with Gasteiger partial charge in [-0.05, 0) is 0 Å². The molecule has 0 bridgehead atoms. The van der Waals surface area contributed by atoms with Gasteiger partial charge in [0.05, 0.1) is 0 Å². The molecule has 0 saturated heterocycles. The molecule has 2 heteroatoms. The Labute approximate surface area is 113 Å². The minimum atomic E-state index is 0.125. The maximum absolute atomic E-state index is 8.38. The number of rotatable bonds is 11. The molecule has 0 atom stereocenters. The third-order valence-corrected chi connectivity index (χ3v) is 2.85. The van der Waals surface area contributed by atoms with Crippen LogP contribution in [0.3, 0.4) is 0 Å². The Morgan fingerprint density at radius 2 is 1.00 bits per heavy atom. The van der Waals surface area contributed by atoms with Crippen LogP contribution in [0.1, 0.15) is 84.0 Å². The molecule has 0 aromatic rings. The van der Waals surface area contributed by atoms with Crippen LogP contribution in [0.5, 0.6) is 0 Å². The molecule has 0 aliphatic heterocycles. The first kappa shape index (κ1) is 18.8. The van der Waals surface area contributed by atoms with Gasteiger partial charge in [-0.25, -0.2) is 0 Å². The molecular weight excluding hydrogens is 250 g/mol. The summed E-state index contributed by atoms with van der Waals surface area (Å²) in [5.74, 6) is 0. The van der Waals surface area contributed by atoms with Crippen molar-refractivity contribution in [3.8, 4) is 0 Å². The molecule has 0 aromatic heterocycles. The van der Waals surface area contributed by atoms with E-state index < -0.39 is 0 Å². The summed E-state index contributed by atoms with van der Waals surface area (Å²) in [5, 5.41) is 0. The quantitative estimate of drug-likeness (QED) is 0.281. The van der Waals surface area contributed by atoms with Gasteiger partial charge in [-0.15, -0.1) is 0 Å². The fourth-order valence-electron chi connectivity index (χ4n) is 1.84. The summed E-state index contributed by atoms with van der Waals surface area (Å²) in [4.78, 5) is 0. The second-order valence-electron chi connectivity index (χ2n) is 4.39. The van der Waals surface area contributed by atoms with E-state index in [9.17, 15) is 0 Å². The predicted molar refractivity (Wildman–Crippen MR) is 67.1 cm³/mol. The summed E-state index contributed by atoms with van der Waals surface area (Å²) in [5.41, 5.74) is 0. The Morgan fingerprint density at radius 1 is 0.688 bits per heavy atom. The van der Waals surface area contributed by atoms with Gasteiger partial charge in [0.15, 0.2) is 0 Å². The zero-order valence-electron chi connectivity index (χ0n) is 11.3. The van der Waals surface area contributed by atoms with E-state index in [4.69, 9.17) is 3.57 Å². The summed E-state index contributed by atoms with van der Waals surface area (Å²) < 4.78 is 8.38. The van der Waals surface area contributed by atoms with E-state index in [1.807, 2.05) is 0 Å². The Hall–Kier alpha value is 0.423. The average Bonchev–Trinajstić information content (AvgIpc) is 2.34. The van der Waals surface area contributed by atoms with Crippen LogP contribution in [-0.4, -0.2) is 0 Å². The summed E-state index contributed by atoms with van der Waals surface area (Å²) in [6.45, 7) is 6.14. The van der Waals surface area contributed by atoms with Crippen molar-refractivity contribution in [3.05, 3.63) is 6.92 Å². The molecule has 0 aliphatic rings. The van der Waals surface area contributed by atoms with Crippen LogP contribution in [0, 0.1) is 6.92 Å². The molecule has 0 aliphatic carbocycles. The second-order valence-corrected chi connectivity index (χ2v) is 4.39. The average molecular weight is 279 g/mol. The Balaban J connectivity index is 0. The predicted octanol–water partition coefficient (Wildman–Crippen LogP) is 5.40. The van der Waals surface area contributed by atoms with Gasteiger partial charge in [0.25, 0.3) is 0 Å². The zero-order chi connectivity index (χ0) is 12.5. The van der Waals surface area contributed by atoms with Gasteiger partial charge in [0, 0.05) is 0 Å². The summed E-state index contributed by atoms with van der Waals surface area (Å²) in [6.07, 6.45) is 16.9. The van der Waals surface area contributed by atoms with Gasteiger partial charge < -0.3 is 6.92 Å². The molecule has 94 valence electrons. The van der Waals surface area contributed by atoms with Crippen LogP contribution < -0.4 is 0 Å². The molecule has 0 amide bonds. The summed E-state index contributed by atoms with van der Waals surface area (Å²) in [6, 6.07) is 0. The zero-order valence-corrected chi connectivity index (χ0v) is 14.3. The van der Waals surface area contributed by atoms with Crippen molar-refractivity contribution in [1.82, 2.24) is 0 Å². The van der Waals surface area contributed by atoms with E-state index >= 15 is 0 Å². The van der Waals surface area contributed by atoms with Crippen LogP contribution in [0.15, 0.2) is 0 Å². The molecule has 1 nitrogen and oxygen atoms in total. The van der Waals surface area contributed by atoms with Gasteiger partial charge in [-0.1, -0.05) is 77.6 Å². The van der Waals surface area contributed by atoms with E-state index in [0.717, 1.165) is 6.42 Å². The molecule has 0 aromatic carbocycles. The maximum atomic E-state index is 8.38. The molecule has 0 radical (unpaired) electrons.